The third kappa shape index (κ3) is 6.77. The maximum atomic E-state index is 5.38. The summed E-state index contributed by atoms with van der Waals surface area (Å²) in [5, 5.41) is 8.36. The molecule has 0 N–H and O–H groups in total. The zero-order valence-corrected chi connectivity index (χ0v) is 34.9. The molecule has 0 bridgehead atoms. The van der Waals surface area contributed by atoms with Crippen LogP contribution in [0.3, 0.4) is 0 Å². The molecule has 0 atom stereocenters. The minimum absolute atomic E-state index is 0.696. The van der Waals surface area contributed by atoms with Gasteiger partial charge in [0.2, 0.25) is 0 Å². The Kier molecular flexibility index (Phi) is 9.16. The van der Waals surface area contributed by atoms with Gasteiger partial charge < -0.3 is 0 Å². The second-order valence-corrected chi connectivity index (χ2v) is 16.4. The third-order valence-corrected chi connectivity index (χ3v) is 12.4. The smallest absolute Gasteiger partial charge is 0.160 e. The van der Waals surface area contributed by atoms with Crippen molar-refractivity contribution in [1.29, 1.82) is 0 Å². The SMILES string of the molecule is c1ccc(-c2ccc(-c3cc(-c4cccc(-c5cccc(-c6cc7c(-c8ccc9ccccc9c8)nc8ccccc8c7c7ccccc67)c5)c4)nc(-c4ccccc4)n3)cc2)cc1. The van der Waals surface area contributed by atoms with Gasteiger partial charge in [-0.1, -0.05) is 200 Å². The maximum absolute atomic E-state index is 5.38. The molecule has 12 rings (SSSR count). The molecule has 3 nitrogen and oxygen atoms in total. The van der Waals surface area contributed by atoms with Crippen molar-refractivity contribution >= 4 is 43.2 Å². The van der Waals surface area contributed by atoms with E-state index in [0.29, 0.717) is 5.82 Å². The van der Waals surface area contributed by atoms with Crippen LogP contribution in [-0.4, -0.2) is 15.0 Å². The topological polar surface area (TPSA) is 38.7 Å². The van der Waals surface area contributed by atoms with Crippen LogP contribution in [0.5, 0.6) is 0 Å². The maximum Gasteiger partial charge on any atom is 0.160 e. The van der Waals surface area contributed by atoms with E-state index < -0.39 is 0 Å². The summed E-state index contributed by atoms with van der Waals surface area (Å²) in [7, 11) is 0. The number of hydrogen-bond acceptors (Lipinski definition) is 3. The van der Waals surface area contributed by atoms with Crippen LogP contribution in [-0.2, 0) is 0 Å². The van der Waals surface area contributed by atoms with Crippen molar-refractivity contribution in [3.05, 3.63) is 237 Å². The Morgan fingerprint density at radius 2 is 0.781 bits per heavy atom. The molecular formula is C61H39N3. The second kappa shape index (κ2) is 15.7. The highest BCUT2D eigenvalue weighted by Crippen LogP contribution is 2.43. The van der Waals surface area contributed by atoms with Crippen molar-refractivity contribution in [1.82, 2.24) is 15.0 Å². The van der Waals surface area contributed by atoms with Gasteiger partial charge in [0.25, 0.3) is 0 Å². The fourth-order valence-corrected chi connectivity index (χ4v) is 9.26. The third-order valence-electron chi connectivity index (χ3n) is 12.4. The van der Waals surface area contributed by atoms with Crippen molar-refractivity contribution in [2.75, 3.05) is 0 Å². The van der Waals surface area contributed by atoms with E-state index >= 15 is 0 Å². The summed E-state index contributed by atoms with van der Waals surface area (Å²) >= 11 is 0. The van der Waals surface area contributed by atoms with Gasteiger partial charge >= 0.3 is 0 Å². The largest absolute Gasteiger partial charge is 0.247 e. The molecule has 0 saturated heterocycles. The van der Waals surface area contributed by atoms with Gasteiger partial charge in [-0.2, -0.15) is 0 Å². The van der Waals surface area contributed by atoms with Crippen molar-refractivity contribution in [2.24, 2.45) is 0 Å². The molecule has 0 aliphatic carbocycles. The van der Waals surface area contributed by atoms with Gasteiger partial charge in [0, 0.05) is 38.4 Å². The normalized spacial score (nSPS) is 11.4. The number of aromatic nitrogens is 3. The van der Waals surface area contributed by atoms with E-state index in [2.05, 4.69) is 212 Å². The summed E-state index contributed by atoms with van der Waals surface area (Å²) < 4.78 is 0. The van der Waals surface area contributed by atoms with Crippen LogP contribution in [0.4, 0.5) is 0 Å². The van der Waals surface area contributed by atoms with Gasteiger partial charge in [-0.3, -0.25) is 0 Å². The predicted molar refractivity (Wildman–Crippen MR) is 268 cm³/mol. The Labute approximate surface area is 371 Å². The first-order valence-corrected chi connectivity index (χ1v) is 21.8. The number of pyridine rings is 1. The number of fused-ring (bicyclic) bond motifs is 6. The molecular weight excluding hydrogens is 775 g/mol. The Hall–Kier alpha value is -8.53. The lowest BCUT2D eigenvalue weighted by Gasteiger charge is -2.17. The van der Waals surface area contributed by atoms with E-state index in [1.165, 1.54) is 43.6 Å². The Balaban J connectivity index is 0.983. The predicted octanol–water partition coefficient (Wildman–Crippen LogP) is 16.2. The lowest BCUT2D eigenvalue weighted by atomic mass is 9.89. The van der Waals surface area contributed by atoms with E-state index in [1.54, 1.807) is 0 Å². The molecule has 64 heavy (non-hydrogen) atoms. The van der Waals surface area contributed by atoms with Gasteiger partial charge in [0.15, 0.2) is 5.82 Å². The molecule has 298 valence electrons. The molecule has 0 spiro atoms. The molecule has 0 amide bonds. The first-order valence-electron chi connectivity index (χ1n) is 21.8. The molecule has 10 aromatic carbocycles. The number of nitrogens with zero attached hydrogens (tertiary/aromatic N) is 3. The minimum Gasteiger partial charge on any atom is -0.247 e. The summed E-state index contributed by atoms with van der Waals surface area (Å²) in [6.07, 6.45) is 0. The molecule has 2 aromatic heterocycles. The van der Waals surface area contributed by atoms with Crippen LogP contribution >= 0.6 is 0 Å². The monoisotopic (exact) mass is 813 g/mol. The average Bonchev–Trinajstić information content (AvgIpc) is 3.38. The molecule has 3 heteroatoms. The van der Waals surface area contributed by atoms with Crippen molar-refractivity contribution in [2.45, 2.75) is 0 Å². The number of para-hydroxylation sites is 1. The molecule has 0 unspecified atom stereocenters. The molecule has 0 saturated carbocycles. The summed E-state index contributed by atoms with van der Waals surface area (Å²) in [4.78, 5) is 15.7. The van der Waals surface area contributed by atoms with Crippen LogP contribution in [0.25, 0.3) is 122 Å². The highest BCUT2D eigenvalue weighted by molar-refractivity contribution is 6.25. The van der Waals surface area contributed by atoms with Crippen LogP contribution in [0, 0.1) is 0 Å². The van der Waals surface area contributed by atoms with E-state index in [1.807, 2.05) is 24.3 Å². The van der Waals surface area contributed by atoms with E-state index in [4.69, 9.17) is 15.0 Å². The number of rotatable bonds is 7. The van der Waals surface area contributed by atoms with Crippen molar-refractivity contribution in [3.8, 4) is 78.5 Å². The molecule has 12 aromatic rings. The molecule has 0 radical (unpaired) electrons. The zero-order chi connectivity index (χ0) is 42.4. The lowest BCUT2D eigenvalue weighted by Crippen LogP contribution is -1.96. The number of benzene rings is 10. The van der Waals surface area contributed by atoms with Gasteiger partial charge in [0.05, 0.1) is 22.6 Å². The summed E-state index contributed by atoms with van der Waals surface area (Å²) in [5.41, 5.74) is 14.8. The van der Waals surface area contributed by atoms with Crippen LogP contribution in [0.2, 0.25) is 0 Å². The zero-order valence-electron chi connectivity index (χ0n) is 34.9. The van der Waals surface area contributed by atoms with Gasteiger partial charge in [0.1, 0.15) is 0 Å². The highest BCUT2D eigenvalue weighted by atomic mass is 14.9. The van der Waals surface area contributed by atoms with Gasteiger partial charge in [-0.25, -0.2) is 15.0 Å². The molecule has 2 heterocycles. The number of hydrogen-bond donors (Lipinski definition) is 0. The first kappa shape index (κ1) is 37.2. The Morgan fingerprint density at radius 3 is 1.55 bits per heavy atom. The Bertz CT molecular complexity index is 3710. The molecule has 0 fully saturated rings. The fourth-order valence-electron chi connectivity index (χ4n) is 9.26. The van der Waals surface area contributed by atoms with Crippen LogP contribution in [0.1, 0.15) is 0 Å². The standard InChI is InChI=1S/C61H39N3/c1-3-15-40(16-4-1)42-29-32-43(33-30-42)57-39-58(64-61(63-57)44-18-5-2-6-19-44)49-24-14-22-47(36-49)46-21-13-23-48(35-46)54-38-55-59(52-26-10-9-25-51(52)54)53-27-11-12-28-56(53)62-60(55)50-34-31-41-17-7-8-20-45(41)37-50/h1-39H. The highest BCUT2D eigenvalue weighted by Gasteiger charge is 2.18. The van der Waals surface area contributed by atoms with Crippen molar-refractivity contribution in [3.63, 3.8) is 0 Å². The van der Waals surface area contributed by atoms with Gasteiger partial charge in [-0.05, 0) is 91.3 Å². The van der Waals surface area contributed by atoms with Gasteiger partial charge in [-0.15, -0.1) is 0 Å². The van der Waals surface area contributed by atoms with E-state index in [-0.39, 0.29) is 0 Å². The second-order valence-electron chi connectivity index (χ2n) is 16.4. The summed E-state index contributed by atoms with van der Waals surface area (Å²) in [5.74, 6) is 0.696. The first-order chi connectivity index (χ1) is 31.7. The molecule has 0 aliphatic rings. The summed E-state index contributed by atoms with van der Waals surface area (Å²) in [6.45, 7) is 0. The Morgan fingerprint density at radius 1 is 0.250 bits per heavy atom. The van der Waals surface area contributed by atoms with Crippen LogP contribution < -0.4 is 0 Å². The fraction of sp³-hybridized carbons (Fsp3) is 0. The van der Waals surface area contributed by atoms with Crippen molar-refractivity contribution < 1.29 is 0 Å². The lowest BCUT2D eigenvalue weighted by molar-refractivity contribution is 1.18. The molecule has 0 aliphatic heterocycles. The van der Waals surface area contributed by atoms with E-state index in [9.17, 15) is 0 Å². The quantitative estimate of drug-likeness (QED) is 0.150. The average molecular weight is 814 g/mol. The van der Waals surface area contributed by atoms with Crippen LogP contribution in [0.15, 0.2) is 237 Å². The van der Waals surface area contributed by atoms with E-state index in [0.717, 1.165) is 72.3 Å². The summed E-state index contributed by atoms with van der Waals surface area (Å²) in [6, 6.07) is 84.1. The minimum atomic E-state index is 0.696.